The lowest BCUT2D eigenvalue weighted by atomic mass is 10.1. The molecule has 0 aliphatic heterocycles. The molecule has 0 radical (unpaired) electrons. The number of alkyl halides is 3. The lowest BCUT2D eigenvalue weighted by Gasteiger charge is -2.26. The average Bonchev–Trinajstić information content (AvgIpc) is 2.37. The van der Waals surface area contributed by atoms with Crippen molar-refractivity contribution in [3.05, 3.63) is 29.3 Å². The maximum Gasteiger partial charge on any atom is 0.416 e. The number of nitrogens with two attached hydrogens (primary N) is 1. The lowest BCUT2D eigenvalue weighted by Crippen LogP contribution is -2.37. The molecular formula is C13H18F3N3O. The third kappa shape index (κ3) is 3.41. The normalized spacial score (nSPS) is 11.6. The summed E-state index contributed by atoms with van der Waals surface area (Å²) >= 11 is 0. The molecule has 0 aromatic heterocycles. The minimum Gasteiger partial charge on any atom is -0.336 e. The predicted molar refractivity (Wildman–Crippen MR) is 71.1 cm³/mol. The van der Waals surface area contributed by atoms with Gasteiger partial charge in [0, 0.05) is 12.6 Å². The zero-order chi connectivity index (χ0) is 15.5. The Morgan fingerprint density at radius 2 is 2.00 bits per heavy atom. The van der Waals surface area contributed by atoms with Crippen molar-refractivity contribution in [2.45, 2.75) is 33.0 Å². The zero-order valence-corrected chi connectivity index (χ0v) is 11.6. The first-order valence-corrected chi connectivity index (χ1v) is 6.21. The fourth-order valence-corrected chi connectivity index (χ4v) is 1.92. The Morgan fingerprint density at radius 3 is 2.40 bits per heavy atom. The van der Waals surface area contributed by atoms with Crippen LogP contribution >= 0.6 is 0 Å². The van der Waals surface area contributed by atoms with Gasteiger partial charge in [0.2, 0.25) is 0 Å². The highest BCUT2D eigenvalue weighted by Gasteiger charge is 2.32. The molecule has 0 aliphatic rings. The summed E-state index contributed by atoms with van der Waals surface area (Å²) in [5.41, 5.74) is 1.47. The largest absolute Gasteiger partial charge is 0.416 e. The molecular weight excluding hydrogens is 271 g/mol. The standard InChI is InChI=1S/C13H18F3N3O/c1-4-19(8(2)3)12(20)10-7-9(13(14,15)16)5-6-11(10)18-17/h5-8,18H,4,17H2,1-3H3. The number of nitrogen functional groups attached to an aromatic ring is 1. The minimum absolute atomic E-state index is 0.0853. The molecule has 0 bridgehead atoms. The van der Waals surface area contributed by atoms with Gasteiger partial charge in [0.15, 0.2) is 0 Å². The van der Waals surface area contributed by atoms with Crippen molar-refractivity contribution in [2.75, 3.05) is 12.0 Å². The molecule has 7 heteroatoms. The molecule has 1 amide bonds. The van der Waals surface area contributed by atoms with Gasteiger partial charge in [-0.25, -0.2) is 0 Å². The van der Waals surface area contributed by atoms with Crippen LogP contribution in [0.1, 0.15) is 36.7 Å². The second kappa shape index (κ2) is 6.13. The van der Waals surface area contributed by atoms with Crippen LogP contribution in [0.2, 0.25) is 0 Å². The summed E-state index contributed by atoms with van der Waals surface area (Å²) in [6.07, 6.45) is -4.50. The fraction of sp³-hybridized carbons (Fsp3) is 0.462. The third-order valence-corrected chi connectivity index (χ3v) is 2.96. The third-order valence-electron chi connectivity index (χ3n) is 2.96. The van der Waals surface area contributed by atoms with E-state index in [9.17, 15) is 18.0 Å². The van der Waals surface area contributed by atoms with E-state index in [1.165, 1.54) is 4.90 Å². The summed E-state index contributed by atoms with van der Waals surface area (Å²) in [5, 5.41) is 0. The molecule has 0 aliphatic carbocycles. The van der Waals surface area contributed by atoms with E-state index in [-0.39, 0.29) is 17.3 Å². The van der Waals surface area contributed by atoms with Gasteiger partial charge in [-0.1, -0.05) is 0 Å². The molecule has 0 heterocycles. The molecule has 0 unspecified atom stereocenters. The van der Waals surface area contributed by atoms with Crippen molar-refractivity contribution in [3.8, 4) is 0 Å². The van der Waals surface area contributed by atoms with Gasteiger partial charge in [0.1, 0.15) is 0 Å². The van der Waals surface area contributed by atoms with E-state index >= 15 is 0 Å². The van der Waals surface area contributed by atoms with E-state index in [0.717, 1.165) is 18.2 Å². The molecule has 0 saturated heterocycles. The number of anilines is 1. The quantitative estimate of drug-likeness (QED) is 0.662. The first-order valence-electron chi connectivity index (χ1n) is 6.21. The summed E-state index contributed by atoms with van der Waals surface area (Å²) < 4.78 is 38.2. The predicted octanol–water partition coefficient (Wildman–Crippen LogP) is 2.86. The van der Waals surface area contributed by atoms with Crippen molar-refractivity contribution in [1.29, 1.82) is 0 Å². The van der Waals surface area contributed by atoms with Gasteiger partial charge in [0.05, 0.1) is 16.8 Å². The fourth-order valence-electron chi connectivity index (χ4n) is 1.92. The summed E-state index contributed by atoms with van der Waals surface area (Å²) in [6.45, 7) is 5.76. The molecule has 1 rings (SSSR count). The SMILES string of the molecule is CCN(C(=O)c1cc(C(F)(F)F)ccc1NN)C(C)C. The maximum absolute atomic E-state index is 12.7. The number of hydrogen-bond donors (Lipinski definition) is 2. The van der Waals surface area contributed by atoms with E-state index in [1.54, 1.807) is 20.8 Å². The minimum atomic E-state index is -4.50. The van der Waals surface area contributed by atoms with Crippen LogP contribution in [0.25, 0.3) is 0 Å². The number of amides is 1. The van der Waals surface area contributed by atoms with Gasteiger partial charge >= 0.3 is 6.18 Å². The highest BCUT2D eigenvalue weighted by Crippen LogP contribution is 2.32. The molecule has 1 aromatic rings. The summed E-state index contributed by atoms with van der Waals surface area (Å²) in [7, 11) is 0. The van der Waals surface area contributed by atoms with Gasteiger partial charge in [0.25, 0.3) is 5.91 Å². The van der Waals surface area contributed by atoms with Crippen LogP contribution in [0.3, 0.4) is 0 Å². The highest BCUT2D eigenvalue weighted by molar-refractivity contribution is 6.00. The Balaban J connectivity index is 3.30. The molecule has 3 N–H and O–H groups in total. The van der Waals surface area contributed by atoms with Crippen LogP contribution in [0.4, 0.5) is 18.9 Å². The number of nitrogens with one attached hydrogen (secondary N) is 1. The summed E-state index contributed by atoms with van der Waals surface area (Å²) in [5.74, 6) is 4.78. The van der Waals surface area contributed by atoms with Crippen molar-refractivity contribution in [3.63, 3.8) is 0 Å². The van der Waals surface area contributed by atoms with E-state index in [4.69, 9.17) is 5.84 Å². The Kier molecular flexibility index (Phi) is 4.99. The Morgan fingerprint density at radius 1 is 1.40 bits per heavy atom. The maximum atomic E-state index is 12.7. The highest BCUT2D eigenvalue weighted by atomic mass is 19.4. The molecule has 0 spiro atoms. The molecule has 0 saturated carbocycles. The summed E-state index contributed by atoms with van der Waals surface area (Å²) in [4.78, 5) is 13.8. The average molecular weight is 289 g/mol. The van der Waals surface area contributed by atoms with Crippen LogP contribution in [0, 0.1) is 0 Å². The number of halogens is 3. The molecule has 20 heavy (non-hydrogen) atoms. The van der Waals surface area contributed by atoms with E-state index in [1.807, 2.05) is 0 Å². The van der Waals surface area contributed by atoms with E-state index < -0.39 is 17.6 Å². The van der Waals surface area contributed by atoms with Gasteiger partial charge < -0.3 is 10.3 Å². The van der Waals surface area contributed by atoms with Gasteiger partial charge in [-0.3, -0.25) is 10.6 Å². The first kappa shape index (κ1) is 16.3. The number of carbonyl (C=O) groups excluding carboxylic acids is 1. The van der Waals surface area contributed by atoms with Crippen LogP contribution < -0.4 is 11.3 Å². The van der Waals surface area contributed by atoms with Gasteiger partial charge in [-0.05, 0) is 39.0 Å². The molecule has 4 nitrogen and oxygen atoms in total. The smallest absolute Gasteiger partial charge is 0.336 e. The Labute approximate surface area is 115 Å². The topological polar surface area (TPSA) is 58.4 Å². The lowest BCUT2D eigenvalue weighted by molar-refractivity contribution is -0.137. The number of carbonyl (C=O) groups is 1. The first-order chi connectivity index (χ1) is 9.22. The van der Waals surface area contributed by atoms with Gasteiger partial charge in [-0.15, -0.1) is 0 Å². The second-order valence-electron chi connectivity index (χ2n) is 4.59. The monoisotopic (exact) mass is 289 g/mol. The van der Waals surface area contributed by atoms with Crippen LogP contribution in [-0.2, 0) is 6.18 Å². The van der Waals surface area contributed by atoms with Crippen molar-refractivity contribution in [2.24, 2.45) is 5.84 Å². The van der Waals surface area contributed by atoms with Crippen LogP contribution in [0.5, 0.6) is 0 Å². The second-order valence-corrected chi connectivity index (χ2v) is 4.59. The number of nitrogens with zero attached hydrogens (tertiary/aromatic N) is 1. The molecule has 0 fully saturated rings. The number of rotatable bonds is 4. The van der Waals surface area contributed by atoms with Crippen LogP contribution in [0.15, 0.2) is 18.2 Å². The van der Waals surface area contributed by atoms with Gasteiger partial charge in [-0.2, -0.15) is 13.2 Å². The van der Waals surface area contributed by atoms with E-state index in [0.29, 0.717) is 6.54 Å². The van der Waals surface area contributed by atoms with Crippen LogP contribution in [-0.4, -0.2) is 23.4 Å². The Bertz CT molecular complexity index is 486. The Hall–Kier alpha value is -1.76. The number of hydrazine groups is 1. The molecule has 1 aromatic carbocycles. The summed E-state index contributed by atoms with van der Waals surface area (Å²) in [6, 6.07) is 2.75. The van der Waals surface area contributed by atoms with Crippen molar-refractivity contribution >= 4 is 11.6 Å². The van der Waals surface area contributed by atoms with Crippen molar-refractivity contribution < 1.29 is 18.0 Å². The zero-order valence-electron chi connectivity index (χ0n) is 11.6. The molecule has 0 atom stereocenters. The van der Waals surface area contributed by atoms with Crippen molar-refractivity contribution in [1.82, 2.24) is 4.90 Å². The number of hydrogen-bond acceptors (Lipinski definition) is 3. The number of benzene rings is 1. The molecule has 112 valence electrons. The van der Waals surface area contributed by atoms with E-state index in [2.05, 4.69) is 5.43 Å².